The van der Waals surface area contributed by atoms with E-state index in [4.69, 9.17) is 4.74 Å². The molecule has 1 aromatic rings. The van der Waals surface area contributed by atoms with Crippen molar-refractivity contribution in [2.45, 2.75) is 13.8 Å². The lowest BCUT2D eigenvalue weighted by molar-refractivity contribution is -0.895. The molecule has 24 heavy (non-hydrogen) atoms. The smallest absolute Gasteiger partial charge is 0.410 e. The Hall–Kier alpha value is -2.41. The van der Waals surface area contributed by atoms with Crippen LogP contribution in [0, 0.1) is 0 Å². The average molecular weight is 334 g/mol. The zero-order chi connectivity index (χ0) is 17.5. The van der Waals surface area contributed by atoms with Crippen LogP contribution in [-0.2, 0) is 9.53 Å². The minimum absolute atomic E-state index is 0.00297. The Balaban J connectivity index is 1.77. The SMILES string of the molecule is CCOC(=O)N1CC[NH+](CC(=O)Nc2ccc(C(C)=O)cc2)CC1. The van der Waals surface area contributed by atoms with Crippen LogP contribution in [0.25, 0.3) is 0 Å². The van der Waals surface area contributed by atoms with Crippen molar-refractivity contribution in [3.05, 3.63) is 29.8 Å². The molecule has 1 fully saturated rings. The number of anilines is 1. The minimum atomic E-state index is -0.286. The average Bonchev–Trinajstić information content (AvgIpc) is 2.56. The summed E-state index contributed by atoms with van der Waals surface area (Å²) in [5.74, 6) is -0.0815. The third-order valence-electron chi connectivity index (χ3n) is 3.98. The van der Waals surface area contributed by atoms with Crippen LogP contribution >= 0.6 is 0 Å². The molecule has 1 heterocycles. The van der Waals surface area contributed by atoms with Gasteiger partial charge in [0, 0.05) is 11.3 Å². The van der Waals surface area contributed by atoms with Crippen molar-refractivity contribution < 1.29 is 24.0 Å². The molecule has 1 aliphatic heterocycles. The molecule has 2 rings (SSSR count). The monoisotopic (exact) mass is 334 g/mol. The number of quaternary nitrogens is 1. The van der Waals surface area contributed by atoms with Gasteiger partial charge in [0.2, 0.25) is 0 Å². The first-order valence-electron chi connectivity index (χ1n) is 8.15. The van der Waals surface area contributed by atoms with Crippen LogP contribution in [0.5, 0.6) is 0 Å². The van der Waals surface area contributed by atoms with Crippen molar-refractivity contribution in [1.29, 1.82) is 0 Å². The van der Waals surface area contributed by atoms with Crippen LogP contribution < -0.4 is 10.2 Å². The highest BCUT2D eigenvalue weighted by molar-refractivity contribution is 5.95. The lowest BCUT2D eigenvalue weighted by Gasteiger charge is -2.31. The Morgan fingerprint density at radius 1 is 1.17 bits per heavy atom. The molecule has 0 spiro atoms. The summed E-state index contributed by atoms with van der Waals surface area (Å²) in [6.07, 6.45) is -0.286. The van der Waals surface area contributed by atoms with Crippen LogP contribution in [0.2, 0.25) is 0 Å². The first kappa shape index (κ1) is 17.9. The molecule has 130 valence electrons. The molecule has 1 saturated heterocycles. The second-order valence-corrected chi connectivity index (χ2v) is 5.79. The Bertz CT molecular complexity index is 592. The van der Waals surface area contributed by atoms with Gasteiger partial charge in [0.05, 0.1) is 32.8 Å². The van der Waals surface area contributed by atoms with Crippen molar-refractivity contribution in [3.8, 4) is 0 Å². The van der Waals surface area contributed by atoms with Gasteiger partial charge in [0.25, 0.3) is 5.91 Å². The second kappa shape index (κ2) is 8.44. The number of nitrogens with one attached hydrogen (secondary N) is 2. The standard InChI is InChI=1S/C17H23N3O4/c1-3-24-17(23)20-10-8-19(9-11-20)12-16(22)18-15-6-4-14(5-7-15)13(2)21/h4-7H,3,8-12H2,1-2H3,(H,18,22)/p+1. The molecule has 0 bridgehead atoms. The van der Waals surface area contributed by atoms with Crippen molar-refractivity contribution in [1.82, 2.24) is 4.90 Å². The minimum Gasteiger partial charge on any atom is -0.450 e. The Morgan fingerprint density at radius 2 is 1.79 bits per heavy atom. The predicted molar refractivity (Wildman–Crippen MR) is 89.2 cm³/mol. The highest BCUT2D eigenvalue weighted by Crippen LogP contribution is 2.09. The van der Waals surface area contributed by atoms with Crippen LogP contribution in [0.3, 0.4) is 0 Å². The van der Waals surface area contributed by atoms with Gasteiger partial charge in [-0.05, 0) is 38.1 Å². The highest BCUT2D eigenvalue weighted by atomic mass is 16.6. The number of rotatable bonds is 5. The number of benzene rings is 1. The van der Waals surface area contributed by atoms with Crippen LogP contribution in [0.4, 0.5) is 10.5 Å². The van der Waals surface area contributed by atoms with Gasteiger partial charge in [-0.1, -0.05) is 0 Å². The van der Waals surface area contributed by atoms with Crippen molar-refractivity contribution in [3.63, 3.8) is 0 Å². The number of piperazine rings is 1. The highest BCUT2D eigenvalue weighted by Gasteiger charge is 2.25. The predicted octanol–water partition coefficient (Wildman–Crippen LogP) is 0.185. The third-order valence-corrected chi connectivity index (χ3v) is 3.98. The van der Waals surface area contributed by atoms with E-state index >= 15 is 0 Å². The normalized spacial score (nSPS) is 15.0. The molecule has 1 aliphatic rings. The van der Waals surface area contributed by atoms with E-state index < -0.39 is 0 Å². The number of ether oxygens (including phenoxy) is 1. The van der Waals surface area contributed by atoms with E-state index in [0.717, 1.165) is 18.0 Å². The van der Waals surface area contributed by atoms with E-state index in [2.05, 4.69) is 5.32 Å². The maximum Gasteiger partial charge on any atom is 0.410 e. The van der Waals surface area contributed by atoms with Gasteiger partial charge in [-0.25, -0.2) is 4.79 Å². The van der Waals surface area contributed by atoms with Gasteiger partial charge in [0.15, 0.2) is 12.3 Å². The summed E-state index contributed by atoms with van der Waals surface area (Å²) in [7, 11) is 0. The molecule has 0 aliphatic carbocycles. The number of Topliss-reactive ketones (excluding diaryl/α,β-unsaturated/α-hetero) is 1. The quantitative estimate of drug-likeness (QED) is 0.753. The zero-order valence-corrected chi connectivity index (χ0v) is 14.1. The summed E-state index contributed by atoms with van der Waals surface area (Å²) in [5, 5.41) is 2.83. The van der Waals surface area contributed by atoms with E-state index in [1.54, 1.807) is 36.1 Å². The molecule has 0 radical (unpaired) electrons. The Labute approximate surface area is 141 Å². The number of ketones is 1. The molecule has 0 unspecified atom stereocenters. The molecule has 0 saturated carbocycles. The topological polar surface area (TPSA) is 80.2 Å². The maximum atomic E-state index is 12.1. The number of nitrogens with zero attached hydrogens (tertiary/aromatic N) is 1. The van der Waals surface area contributed by atoms with E-state index in [9.17, 15) is 14.4 Å². The molecular formula is C17H24N3O4+. The first-order chi connectivity index (χ1) is 11.5. The summed E-state index contributed by atoms with van der Waals surface area (Å²) in [4.78, 5) is 37.8. The first-order valence-corrected chi connectivity index (χ1v) is 8.15. The van der Waals surface area contributed by atoms with E-state index in [0.29, 0.717) is 37.5 Å². The number of hydrogen-bond acceptors (Lipinski definition) is 4. The lowest BCUT2D eigenvalue weighted by atomic mass is 10.1. The lowest BCUT2D eigenvalue weighted by Crippen LogP contribution is -3.15. The second-order valence-electron chi connectivity index (χ2n) is 5.79. The van der Waals surface area contributed by atoms with E-state index in [1.807, 2.05) is 0 Å². The van der Waals surface area contributed by atoms with Crippen molar-refractivity contribution in [2.24, 2.45) is 0 Å². The fourth-order valence-corrected chi connectivity index (χ4v) is 2.62. The Morgan fingerprint density at radius 3 is 2.33 bits per heavy atom. The molecular weight excluding hydrogens is 310 g/mol. The van der Waals surface area contributed by atoms with Gasteiger partial charge in [-0.15, -0.1) is 0 Å². The third kappa shape index (κ3) is 5.06. The zero-order valence-electron chi connectivity index (χ0n) is 14.1. The molecule has 2 N–H and O–H groups in total. The summed E-state index contributed by atoms with van der Waals surface area (Å²) in [6, 6.07) is 6.84. The fraction of sp³-hybridized carbons (Fsp3) is 0.471. The van der Waals surface area contributed by atoms with Crippen molar-refractivity contribution >= 4 is 23.5 Å². The van der Waals surface area contributed by atoms with Crippen LogP contribution in [0.1, 0.15) is 24.2 Å². The molecule has 0 aromatic heterocycles. The van der Waals surface area contributed by atoms with Gasteiger partial charge in [-0.2, -0.15) is 0 Å². The summed E-state index contributed by atoms with van der Waals surface area (Å²) in [6.45, 7) is 6.63. The molecule has 0 atom stereocenters. The van der Waals surface area contributed by atoms with Crippen LogP contribution in [-0.4, -0.2) is 62.0 Å². The largest absolute Gasteiger partial charge is 0.450 e. The van der Waals surface area contributed by atoms with E-state index in [-0.39, 0.29) is 17.8 Å². The maximum absolute atomic E-state index is 12.1. The Kier molecular flexibility index (Phi) is 6.31. The molecule has 7 nitrogen and oxygen atoms in total. The summed E-state index contributed by atoms with van der Waals surface area (Å²) in [5.41, 5.74) is 1.29. The number of carbonyl (C=O) groups excluding carboxylic acids is 3. The fourth-order valence-electron chi connectivity index (χ4n) is 2.62. The molecule has 7 heteroatoms. The van der Waals surface area contributed by atoms with Crippen molar-refractivity contribution in [2.75, 3.05) is 44.6 Å². The molecule has 1 aromatic carbocycles. The van der Waals surface area contributed by atoms with Gasteiger partial charge in [-0.3, -0.25) is 14.5 Å². The van der Waals surface area contributed by atoms with E-state index in [1.165, 1.54) is 6.92 Å². The number of hydrogen-bond donors (Lipinski definition) is 2. The number of amides is 2. The van der Waals surface area contributed by atoms with Gasteiger partial charge in [0.1, 0.15) is 0 Å². The number of carbonyl (C=O) groups is 3. The molecule has 2 amide bonds. The van der Waals surface area contributed by atoms with Gasteiger partial charge < -0.3 is 15.0 Å². The van der Waals surface area contributed by atoms with Gasteiger partial charge >= 0.3 is 6.09 Å². The van der Waals surface area contributed by atoms with Crippen LogP contribution in [0.15, 0.2) is 24.3 Å². The summed E-state index contributed by atoms with van der Waals surface area (Å²) < 4.78 is 4.98. The summed E-state index contributed by atoms with van der Waals surface area (Å²) >= 11 is 0.